The molecule has 1 heterocycles. The highest BCUT2D eigenvalue weighted by molar-refractivity contribution is 5.93. The maximum Gasteiger partial charge on any atom is 0.268 e. The van der Waals surface area contributed by atoms with E-state index in [0.717, 1.165) is 18.4 Å². The van der Waals surface area contributed by atoms with Gasteiger partial charge in [0.05, 0.1) is 5.54 Å². The average Bonchev–Trinajstić information content (AvgIpc) is 2.94. The monoisotopic (exact) mass is 244 g/mol. The van der Waals surface area contributed by atoms with Crippen LogP contribution in [0.25, 0.3) is 0 Å². The van der Waals surface area contributed by atoms with Gasteiger partial charge in [0.25, 0.3) is 5.91 Å². The number of nitrogens with one attached hydrogen (secondary N) is 2. The van der Waals surface area contributed by atoms with Crippen molar-refractivity contribution in [2.45, 2.75) is 18.4 Å². The third kappa shape index (κ3) is 1.90. The molecule has 0 atom stereocenters. The number of halogens is 1. The molecule has 18 heavy (non-hydrogen) atoms. The summed E-state index contributed by atoms with van der Waals surface area (Å²) in [6.45, 7) is 0. The zero-order valence-electron chi connectivity index (χ0n) is 9.74. The normalized spacial score (nSPS) is 16.3. The summed E-state index contributed by atoms with van der Waals surface area (Å²) in [5, 5.41) is 3.01. The fourth-order valence-corrected chi connectivity index (χ4v) is 2.14. The number of hydrogen-bond acceptors (Lipinski definition) is 1. The number of amides is 1. The van der Waals surface area contributed by atoms with E-state index in [1.165, 1.54) is 12.1 Å². The Bertz CT molecular complexity index is 556. The van der Waals surface area contributed by atoms with Crippen molar-refractivity contribution in [3.05, 3.63) is 59.7 Å². The zero-order valence-corrected chi connectivity index (χ0v) is 9.74. The van der Waals surface area contributed by atoms with Crippen LogP contribution in [-0.2, 0) is 5.54 Å². The molecule has 1 fully saturated rings. The molecule has 0 spiro atoms. The van der Waals surface area contributed by atoms with Gasteiger partial charge in [0.1, 0.15) is 11.5 Å². The van der Waals surface area contributed by atoms with E-state index in [9.17, 15) is 9.18 Å². The lowest BCUT2D eigenvalue weighted by atomic mass is 10.0. The molecule has 0 bridgehead atoms. The number of rotatable bonds is 3. The van der Waals surface area contributed by atoms with E-state index in [2.05, 4.69) is 10.3 Å². The van der Waals surface area contributed by atoms with Crippen molar-refractivity contribution in [2.75, 3.05) is 0 Å². The first-order chi connectivity index (χ1) is 8.70. The summed E-state index contributed by atoms with van der Waals surface area (Å²) < 4.78 is 12.9. The minimum absolute atomic E-state index is 0.123. The molecule has 3 rings (SSSR count). The zero-order chi connectivity index (χ0) is 12.6. The summed E-state index contributed by atoms with van der Waals surface area (Å²) in [5.41, 5.74) is 1.20. The molecule has 0 radical (unpaired) electrons. The van der Waals surface area contributed by atoms with Crippen molar-refractivity contribution in [2.24, 2.45) is 0 Å². The molecule has 0 unspecified atom stereocenters. The fourth-order valence-electron chi connectivity index (χ4n) is 2.14. The van der Waals surface area contributed by atoms with Crippen LogP contribution in [0.3, 0.4) is 0 Å². The van der Waals surface area contributed by atoms with Crippen LogP contribution in [-0.4, -0.2) is 10.9 Å². The van der Waals surface area contributed by atoms with Gasteiger partial charge in [0.15, 0.2) is 0 Å². The highest BCUT2D eigenvalue weighted by atomic mass is 19.1. The Labute approximate surface area is 104 Å². The van der Waals surface area contributed by atoms with Crippen LogP contribution in [0, 0.1) is 5.82 Å². The molecule has 1 aliphatic rings. The maximum absolute atomic E-state index is 12.9. The third-order valence-corrected chi connectivity index (χ3v) is 3.34. The highest BCUT2D eigenvalue weighted by Crippen LogP contribution is 2.45. The first kappa shape index (κ1) is 11.0. The number of benzene rings is 1. The maximum atomic E-state index is 12.9. The minimum Gasteiger partial charge on any atom is -0.357 e. The summed E-state index contributed by atoms with van der Waals surface area (Å²) in [5.74, 6) is -0.382. The quantitative estimate of drug-likeness (QED) is 0.856. The van der Waals surface area contributed by atoms with E-state index < -0.39 is 0 Å². The standard InChI is InChI=1S/C14H13FN2O/c15-11-5-3-10(4-6-11)14(7-8-14)17-13(18)12-2-1-9-16-12/h1-6,9,16H,7-8H2,(H,17,18). The van der Waals surface area contributed by atoms with Crippen LogP contribution in [0.1, 0.15) is 28.9 Å². The topological polar surface area (TPSA) is 44.9 Å². The smallest absolute Gasteiger partial charge is 0.268 e. The molecule has 1 aliphatic carbocycles. The SMILES string of the molecule is O=C(NC1(c2ccc(F)cc2)CC1)c1ccc[nH]1. The fraction of sp³-hybridized carbons (Fsp3) is 0.214. The van der Waals surface area contributed by atoms with Gasteiger partial charge in [-0.15, -0.1) is 0 Å². The summed E-state index contributed by atoms with van der Waals surface area (Å²) in [6, 6.07) is 9.84. The molecule has 2 aromatic rings. The van der Waals surface area contributed by atoms with Crippen molar-refractivity contribution in [3.63, 3.8) is 0 Å². The Morgan fingerprint density at radius 1 is 1.22 bits per heavy atom. The molecule has 4 heteroatoms. The molecular formula is C14H13FN2O. The summed E-state index contributed by atoms with van der Waals surface area (Å²) in [4.78, 5) is 14.9. The second-order valence-electron chi connectivity index (χ2n) is 4.63. The van der Waals surface area contributed by atoms with Gasteiger partial charge in [0, 0.05) is 6.20 Å². The van der Waals surface area contributed by atoms with Crippen molar-refractivity contribution in [1.29, 1.82) is 0 Å². The van der Waals surface area contributed by atoms with Crippen LogP contribution >= 0.6 is 0 Å². The van der Waals surface area contributed by atoms with Crippen molar-refractivity contribution in [1.82, 2.24) is 10.3 Å². The van der Waals surface area contributed by atoms with Crippen LogP contribution < -0.4 is 5.32 Å². The lowest BCUT2D eigenvalue weighted by Gasteiger charge is -2.17. The molecular weight excluding hydrogens is 231 g/mol. The molecule has 1 aromatic carbocycles. The lowest BCUT2D eigenvalue weighted by molar-refractivity contribution is 0.0926. The summed E-state index contributed by atoms with van der Waals surface area (Å²) in [7, 11) is 0. The molecule has 0 aliphatic heterocycles. The second kappa shape index (κ2) is 3.98. The van der Waals surface area contributed by atoms with Crippen molar-refractivity contribution < 1.29 is 9.18 Å². The predicted octanol–water partition coefficient (Wildman–Crippen LogP) is 2.57. The lowest BCUT2D eigenvalue weighted by Crippen LogP contribution is -2.35. The van der Waals surface area contributed by atoms with Gasteiger partial charge in [-0.2, -0.15) is 0 Å². The van der Waals surface area contributed by atoms with Gasteiger partial charge in [-0.3, -0.25) is 4.79 Å². The van der Waals surface area contributed by atoms with E-state index in [1.807, 2.05) is 0 Å². The van der Waals surface area contributed by atoms with Crippen LogP contribution in [0.2, 0.25) is 0 Å². The number of hydrogen-bond donors (Lipinski definition) is 2. The molecule has 0 saturated heterocycles. The Morgan fingerprint density at radius 2 is 1.94 bits per heavy atom. The Hall–Kier alpha value is -2.10. The molecule has 1 aromatic heterocycles. The molecule has 92 valence electrons. The highest BCUT2D eigenvalue weighted by Gasteiger charge is 2.45. The van der Waals surface area contributed by atoms with Gasteiger partial charge in [-0.25, -0.2) is 4.39 Å². The largest absolute Gasteiger partial charge is 0.357 e. The van der Waals surface area contributed by atoms with Crippen LogP contribution in [0.15, 0.2) is 42.6 Å². The second-order valence-corrected chi connectivity index (χ2v) is 4.63. The first-order valence-corrected chi connectivity index (χ1v) is 5.92. The summed E-state index contributed by atoms with van der Waals surface area (Å²) in [6.07, 6.45) is 3.50. The molecule has 1 saturated carbocycles. The van der Waals surface area contributed by atoms with E-state index in [4.69, 9.17) is 0 Å². The van der Waals surface area contributed by atoms with Crippen LogP contribution in [0.4, 0.5) is 4.39 Å². The van der Waals surface area contributed by atoms with Gasteiger partial charge in [-0.1, -0.05) is 12.1 Å². The summed E-state index contributed by atoms with van der Waals surface area (Å²) >= 11 is 0. The van der Waals surface area contributed by atoms with Crippen LogP contribution in [0.5, 0.6) is 0 Å². The van der Waals surface area contributed by atoms with Gasteiger partial charge in [-0.05, 0) is 42.7 Å². The number of aromatic nitrogens is 1. The number of carbonyl (C=O) groups excluding carboxylic acids is 1. The van der Waals surface area contributed by atoms with Gasteiger partial charge in [0.2, 0.25) is 0 Å². The van der Waals surface area contributed by atoms with Crippen molar-refractivity contribution >= 4 is 5.91 Å². The molecule has 2 N–H and O–H groups in total. The predicted molar refractivity (Wildman–Crippen MR) is 65.6 cm³/mol. The minimum atomic E-state index is -0.310. The Morgan fingerprint density at radius 3 is 2.50 bits per heavy atom. The third-order valence-electron chi connectivity index (χ3n) is 3.34. The van der Waals surface area contributed by atoms with Gasteiger partial charge < -0.3 is 10.3 Å². The number of carbonyl (C=O) groups is 1. The first-order valence-electron chi connectivity index (χ1n) is 5.92. The Kier molecular flexibility index (Phi) is 2.44. The average molecular weight is 244 g/mol. The van der Waals surface area contributed by atoms with E-state index in [0.29, 0.717) is 5.69 Å². The van der Waals surface area contributed by atoms with E-state index in [1.54, 1.807) is 30.5 Å². The molecule has 1 amide bonds. The van der Waals surface area contributed by atoms with E-state index in [-0.39, 0.29) is 17.3 Å². The van der Waals surface area contributed by atoms with Crippen molar-refractivity contribution in [3.8, 4) is 0 Å². The number of H-pyrrole nitrogens is 1. The number of aromatic amines is 1. The Balaban J connectivity index is 1.80. The van der Waals surface area contributed by atoms with Gasteiger partial charge >= 0.3 is 0 Å². The molecule has 3 nitrogen and oxygen atoms in total. The van der Waals surface area contributed by atoms with E-state index >= 15 is 0 Å².